The van der Waals surface area contributed by atoms with Gasteiger partial charge in [-0.2, -0.15) is 13.2 Å². The topological polar surface area (TPSA) is 55.8 Å². The fraction of sp³-hybridized carbons (Fsp3) is 0.778. The molecule has 0 atom stereocenters. The van der Waals surface area contributed by atoms with Gasteiger partial charge in [0.05, 0.1) is 26.3 Å². The van der Waals surface area contributed by atoms with Gasteiger partial charge in [-0.25, -0.2) is 4.79 Å². The minimum absolute atomic E-state index is 0.167. The van der Waals surface area contributed by atoms with Crippen LogP contribution in [-0.2, 0) is 19.2 Å². The summed E-state index contributed by atoms with van der Waals surface area (Å²) in [6, 6.07) is 0. The number of hydroxylamine groups is 2. The summed E-state index contributed by atoms with van der Waals surface area (Å²) in [4.78, 5) is 23.8. The zero-order chi connectivity index (χ0) is 13.5. The predicted molar refractivity (Wildman–Crippen MR) is 50.9 cm³/mol. The molecule has 0 spiro atoms. The average molecular weight is 257 g/mol. The second-order valence-corrected chi connectivity index (χ2v) is 3.33. The van der Waals surface area contributed by atoms with E-state index in [-0.39, 0.29) is 32.1 Å². The number of Topliss-reactive ketones (excluding diaryl/α,β-unsaturated/α-hetero) is 1. The van der Waals surface area contributed by atoms with Crippen molar-refractivity contribution in [2.45, 2.75) is 20.0 Å². The number of morpholine rings is 1. The number of rotatable bonds is 1. The van der Waals surface area contributed by atoms with Crippen molar-refractivity contribution in [3.63, 3.8) is 0 Å². The van der Waals surface area contributed by atoms with E-state index in [0.717, 1.165) is 5.06 Å². The van der Waals surface area contributed by atoms with Gasteiger partial charge in [-0.15, -0.1) is 5.06 Å². The monoisotopic (exact) mass is 257 g/mol. The van der Waals surface area contributed by atoms with Crippen LogP contribution in [0, 0.1) is 0 Å². The summed E-state index contributed by atoms with van der Waals surface area (Å²) in [5.74, 6) is -2.02. The number of ether oxygens (including phenoxy) is 1. The smallest absolute Gasteiger partial charge is 0.379 e. The Kier molecular flexibility index (Phi) is 6.74. The highest BCUT2D eigenvalue weighted by Crippen LogP contribution is 2.17. The molecule has 100 valence electrons. The predicted octanol–water partition coefficient (Wildman–Crippen LogP) is 0.934. The Morgan fingerprint density at radius 3 is 1.94 bits per heavy atom. The molecule has 0 aromatic heterocycles. The molecule has 0 bridgehead atoms. The van der Waals surface area contributed by atoms with Gasteiger partial charge in [0.25, 0.3) is 0 Å². The van der Waals surface area contributed by atoms with Gasteiger partial charge in [0.15, 0.2) is 0 Å². The van der Waals surface area contributed by atoms with Crippen LogP contribution in [0.4, 0.5) is 13.2 Å². The van der Waals surface area contributed by atoms with Gasteiger partial charge < -0.3 is 14.4 Å². The van der Waals surface area contributed by atoms with E-state index in [1.807, 2.05) is 0 Å². The molecule has 1 fully saturated rings. The van der Waals surface area contributed by atoms with Crippen LogP contribution in [0.25, 0.3) is 0 Å². The third-order valence-electron chi connectivity index (χ3n) is 1.41. The SMILES string of the molecule is CC(C)=O.O=C(ON1CCOCC1)C(F)(F)F. The van der Waals surface area contributed by atoms with Crippen LogP contribution in [0.15, 0.2) is 0 Å². The lowest BCUT2D eigenvalue weighted by molar-refractivity contribution is -0.247. The number of hydrogen-bond donors (Lipinski definition) is 0. The van der Waals surface area contributed by atoms with Crippen molar-refractivity contribution >= 4 is 11.8 Å². The second kappa shape index (κ2) is 7.23. The van der Waals surface area contributed by atoms with E-state index >= 15 is 0 Å². The summed E-state index contributed by atoms with van der Waals surface area (Å²) in [6.07, 6.45) is -4.93. The normalized spacial score (nSPS) is 16.8. The van der Waals surface area contributed by atoms with E-state index in [4.69, 9.17) is 4.74 Å². The van der Waals surface area contributed by atoms with Crippen LogP contribution in [0.1, 0.15) is 13.8 Å². The Hall–Kier alpha value is -1.15. The summed E-state index contributed by atoms with van der Waals surface area (Å²) >= 11 is 0. The van der Waals surface area contributed by atoms with Crippen molar-refractivity contribution < 1.29 is 32.3 Å². The summed E-state index contributed by atoms with van der Waals surface area (Å²) in [7, 11) is 0. The van der Waals surface area contributed by atoms with Gasteiger partial charge in [0, 0.05) is 0 Å². The summed E-state index contributed by atoms with van der Waals surface area (Å²) < 4.78 is 39.9. The highest BCUT2D eigenvalue weighted by Gasteiger charge is 2.42. The Morgan fingerprint density at radius 2 is 1.59 bits per heavy atom. The molecule has 0 aromatic rings. The zero-order valence-electron chi connectivity index (χ0n) is 9.54. The first-order chi connectivity index (χ1) is 7.73. The zero-order valence-corrected chi connectivity index (χ0v) is 9.54. The van der Waals surface area contributed by atoms with Crippen molar-refractivity contribution in [3.05, 3.63) is 0 Å². The molecule has 0 N–H and O–H groups in total. The minimum atomic E-state index is -4.93. The molecule has 5 nitrogen and oxygen atoms in total. The number of halogens is 3. The average Bonchev–Trinajstić information content (AvgIpc) is 2.16. The molecule has 0 aromatic carbocycles. The molecular weight excluding hydrogens is 243 g/mol. The van der Waals surface area contributed by atoms with Gasteiger partial charge in [0.1, 0.15) is 5.78 Å². The van der Waals surface area contributed by atoms with Gasteiger partial charge in [-0.05, 0) is 13.8 Å². The van der Waals surface area contributed by atoms with E-state index in [1.54, 1.807) is 0 Å². The van der Waals surface area contributed by atoms with Crippen molar-refractivity contribution in [2.24, 2.45) is 0 Å². The molecule has 1 aliphatic heterocycles. The highest BCUT2D eigenvalue weighted by atomic mass is 19.4. The summed E-state index contributed by atoms with van der Waals surface area (Å²) in [5.41, 5.74) is 0. The minimum Gasteiger partial charge on any atom is -0.379 e. The van der Waals surface area contributed by atoms with E-state index in [0.29, 0.717) is 0 Å². The quantitative estimate of drug-likeness (QED) is 0.699. The molecule has 0 unspecified atom stereocenters. The molecule has 0 saturated carbocycles. The summed E-state index contributed by atoms with van der Waals surface area (Å²) in [5, 5.41) is 0.944. The van der Waals surface area contributed by atoms with Crippen LogP contribution in [0.5, 0.6) is 0 Å². The van der Waals surface area contributed by atoms with E-state index < -0.39 is 12.1 Å². The van der Waals surface area contributed by atoms with E-state index in [9.17, 15) is 22.8 Å². The van der Waals surface area contributed by atoms with Crippen molar-refractivity contribution in [2.75, 3.05) is 26.3 Å². The molecule has 1 heterocycles. The number of carbonyl (C=O) groups excluding carboxylic acids is 2. The number of alkyl halides is 3. The van der Waals surface area contributed by atoms with Crippen molar-refractivity contribution in [1.82, 2.24) is 5.06 Å². The van der Waals surface area contributed by atoms with E-state index in [2.05, 4.69) is 4.84 Å². The Bertz CT molecular complexity index is 257. The number of hydrogen-bond acceptors (Lipinski definition) is 5. The maximum absolute atomic E-state index is 11.7. The lowest BCUT2D eigenvalue weighted by atomic mass is 10.5. The first kappa shape index (κ1) is 15.9. The highest BCUT2D eigenvalue weighted by molar-refractivity contribution is 5.75. The van der Waals surface area contributed by atoms with Crippen LogP contribution in [-0.4, -0.2) is 49.3 Å². The van der Waals surface area contributed by atoms with Crippen LogP contribution in [0.3, 0.4) is 0 Å². The third kappa shape index (κ3) is 8.64. The van der Waals surface area contributed by atoms with E-state index in [1.165, 1.54) is 13.8 Å². The molecule has 17 heavy (non-hydrogen) atoms. The fourth-order valence-corrected chi connectivity index (χ4v) is 0.807. The first-order valence-corrected chi connectivity index (χ1v) is 4.82. The molecule has 8 heteroatoms. The lowest BCUT2D eigenvalue weighted by Gasteiger charge is -2.25. The maximum Gasteiger partial charge on any atom is 0.492 e. The van der Waals surface area contributed by atoms with Crippen molar-refractivity contribution in [3.8, 4) is 0 Å². The molecule has 0 amide bonds. The van der Waals surface area contributed by atoms with Crippen LogP contribution < -0.4 is 0 Å². The van der Waals surface area contributed by atoms with Gasteiger partial charge >= 0.3 is 12.1 Å². The molecular formula is C9H14F3NO4. The van der Waals surface area contributed by atoms with Gasteiger partial charge in [0.2, 0.25) is 0 Å². The van der Waals surface area contributed by atoms with Crippen LogP contribution >= 0.6 is 0 Å². The molecule has 1 rings (SSSR count). The third-order valence-corrected chi connectivity index (χ3v) is 1.41. The summed E-state index contributed by atoms with van der Waals surface area (Å²) in [6.45, 7) is 3.93. The number of nitrogens with zero attached hydrogens (tertiary/aromatic N) is 1. The second-order valence-electron chi connectivity index (χ2n) is 3.33. The van der Waals surface area contributed by atoms with Crippen LogP contribution in [0.2, 0.25) is 0 Å². The first-order valence-electron chi connectivity index (χ1n) is 4.82. The Balaban J connectivity index is 0.000000557. The molecule has 0 radical (unpaired) electrons. The standard InChI is InChI=1S/C6H8F3NO3.C3H6O/c7-6(8,9)5(11)13-10-1-3-12-4-2-10;1-3(2)4/h1-4H2;1-2H3. The maximum atomic E-state index is 11.7. The number of ketones is 1. The van der Waals surface area contributed by atoms with Gasteiger partial charge in [-0.3, -0.25) is 0 Å². The lowest BCUT2D eigenvalue weighted by Crippen LogP contribution is -2.41. The molecule has 1 aliphatic rings. The fourth-order valence-electron chi connectivity index (χ4n) is 0.807. The van der Waals surface area contributed by atoms with Gasteiger partial charge in [-0.1, -0.05) is 0 Å². The molecule has 1 saturated heterocycles. The number of carbonyl (C=O) groups is 2. The Labute approximate surface area is 96.4 Å². The Morgan fingerprint density at radius 1 is 1.18 bits per heavy atom. The largest absolute Gasteiger partial charge is 0.492 e. The van der Waals surface area contributed by atoms with Crippen molar-refractivity contribution in [1.29, 1.82) is 0 Å². The molecule has 0 aliphatic carbocycles.